The van der Waals surface area contributed by atoms with Gasteiger partial charge in [0.05, 0.1) is 16.9 Å². The van der Waals surface area contributed by atoms with Crippen LogP contribution in [0.4, 0.5) is 9.52 Å². The van der Waals surface area contributed by atoms with Crippen molar-refractivity contribution in [2.75, 3.05) is 4.90 Å². The summed E-state index contributed by atoms with van der Waals surface area (Å²) in [5.41, 5.74) is 2.87. The van der Waals surface area contributed by atoms with Crippen LogP contribution in [0.2, 0.25) is 0 Å². The first-order valence-corrected chi connectivity index (χ1v) is 10.1. The molecule has 0 bridgehead atoms. The molecular formula is C22H16FN5OS. The number of para-hydroxylation sites is 1. The van der Waals surface area contributed by atoms with E-state index in [1.165, 1.54) is 17.4 Å². The summed E-state index contributed by atoms with van der Waals surface area (Å²) in [6.07, 6.45) is 5.19. The number of aryl methyl sites for hydroxylation is 1. The van der Waals surface area contributed by atoms with Crippen LogP contribution in [0.1, 0.15) is 21.7 Å². The molecule has 0 saturated heterocycles. The van der Waals surface area contributed by atoms with E-state index < -0.39 is 5.82 Å². The molecule has 148 valence electrons. The van der Waals surface area contributed by atoms with Crippen LogP contribution < -0.4 is 4.90 Å². The lowest BCUT2D eigenvalue weighted by molar-refractivity contribution is 0.0979. The second-order valence-electron chi connectivity index (χ2n) is 6.81. The number of halogens is 1. The fourth-order valence-corrected chi connectivity index (χ4v) is 4.40. The van der Waals surface area contributed by atoms with E-state index in [9.17, 15) is 9.18 Å². The molecule has 0 saturated carbocycles. The molecule has 5 aromatic rings. The number of pyridine rings is 2. The molecule has 4 heterocycles. The van der Waals surface area contributed by atoms with Crippen LogP contribution >= 0.6 is 11.3 Å². The first-order valence-electron chi connectivity index (χ1n) is 9.31. The topological polar surface area (TPSA) is 63.4 Å². The maximum Gasteiger partial charge on any atom is 0.279 e. The molecule has 4 aromatic heterocycles. The molecule has 0 aliphatic carbocycles. The zero-order valence-corrected chi connectivity index (χ0v) is 16.8. The Balaban J connectivity index is 1.66. The van der Waals surface area contributed by atoms with Crippen LogP contribution in [0.25, 0.3) is 15.9 Å². The number of amides is 1. The number of nitrogens with zero attached hydrogens (tertiary/aromatic N) is 5. The fraction of sp³-hybridized carbons (Fsp3) is 0.0909. The summed E-state index contributed by atoms with van der Waals surface area (Å²) in [6, 6.07) is 14.1. The molecule has 6 nitrogen and oxygen atoms in total. The van der Waals surface area contributed by atoms with Gasteiger partial charge in [-0.3, -0.25) is 19.1 Å². The van der Waals surface area contributed by atoms with Gasteiger partial charge >= 0.3 is 0 Å². The molecule has 0 radical (unpaired) electrons. The monoisotopic (exact) mass is 417 g/mol. The number of thiazole rings is 1. The summed E-state index contributed by atoms with van der Waals surface area (Å²) >= 11 is 1.28. The standard InChI is InChI=1S/C22H16FN5OS/c1-14-20(27-11-3-2-9-18(27)25-14)21(29)28(13-15-6-5-10-24-12-15)22-26-19-16(23)7-4-8-17(19)30-22/h2-12H,13H2,1H3. The van der Waals surface area contributed by atoms with E-state index in [1.807, 2.05) is 36.5 Å². The number of benzene rings is 1. The Morgan fingerprint density at radius 2 is 2.03 bits per heavy atom. The molecule has 1 aromatic carbocycles. The van der Waals surface area contributed by atoms with E-state index in [-0.39, 0.29) is 18.0 Å². The number of carbonyl (C=O) groups excluding carboxylic acids is 1. The zero-order chi connectivity index (χ0) is 20.7. The summed E-state index contributed by atoms with van der Waals surface area (Å²) in [4.78, 5) is 28.4. The molecule has 30 heavy (non-hydrogen) atoms. The van der Waals surface area contributed by atoms with Crippen LogP contribution in [0.15, 0.2) is 67.1 Å². The van der Waals surface area contributed by atoms with Gasteiger partial charge in [0, 0.05) is 18.6 Å². The molecule has 0 unspecified atom stereocenters. The van der Waals surface area contributed by atoms with Crippen molar-refractivity contribution in [1.29, 1.82) is 0 Å². The number of fused-ring (bicyclic) bond motifs is 2. The minimum atomic E-state index is -0.408. The van der Waals surface area contributed by atoms with Crippen LogP contribution in [-0.2, 0) is 6.54 Å². The van der Waals surface area contributed by atoms with E-state index in [0.717, 1.165) is 5.56 Å². The highest BCUT2D eigenvalue weighted by Crippen LogP contribution is 2.32. The normalized spacial score (nSPS) is 11.3. The number of hydrogen-bond acceptors (Lipinski definition) is 5. The average Bonchev–Trinajstić information content (AvgIpc) is 3.33. The molecule has 0 aliphatic heterocycles. The molecule has 5 rings (SSSR count). The van der Waals surface area contributed by atoms with Crippen molar-refractivity contribution < 1.29 is 9.18 Å². The van der Waals surface area contributed by atoms with Crippen LogP contribution in [0, 0.1) is 12.7 Å². The van der Waals surface area contributed by atoms with Gasteiger partial charge in [0.15, 0.2) is 5.13 Å². The predicted octanol–water partition coefficient (Wildman–Crippen LogP) is 4.63. The summed E-state index contributed by atoms with van der Waals surface area (Å²) in [5, 5.41) is 0.425. The Morgan fingerprint density at radius 3 is 2.83 bits per heavy atom. The zero-order valence-electron chi connectivity index (χ0n) is 16.0. The highest BCUT2D eigenvalue weighted by atomic mass is 32.1. The maximum atomic E-state index is 14.3. The van der Waals surface area contributed by atoms with Crippen molar-refractivity contribution in [3.63, 3.8) is 0 Å². The van der Waals surface area contributed by atoms with Crippen molar-refractivity contribution in [2.24, 2.45) is 0 Å². The number of carbonyl (C=O) groups is 1. The summed E-state index contributed by atoms with van der Waals surface area (Å²) in [7, 11) is 0. The summed E-state index contributed by atoms with van der Waals surface area (Å²) in [6.45, 7) is 2.06. The van der Waals surface area contributed by atoms with E-state index in [1.54, 1.807) is 40.8 Å². The van der Waals surface area contributed by atoms with Gasteiger partial charge in [-0.05, 0) is 42.8 Å². The Bertz CT molecular complexity index is 1380. The average molecular weight is 417 g/mol. The smallest absolute Gasteiger partial charge is 0.279 e. The van der Waals surface area contributed by atoms with Gasteiger partial charge in [-0.1, -0.05) is 29.5 Å². The Morgan fingerprint density at radius 1 is 1.13 bits per heavy atom. The highest BCUT2D eigenvalue weighted by molar-refractivity contribution is 7.22. The fourth-order valence-electron chi connectivity index (χ4n) is 3.42. The third-order valence-corrected chi connectivity index (χ3v) is 5.85. The summed E-state index contributed by atoms with van der Waals surface area (Å²) < 4.78 is 16.7. The lowest BCUT2D eigenvalue weighted by Gasteiger charge is -2.20. The first kappa shape index (κ1) is 18.4. The minimum absolute atomic E-state index is 0.255. The third kappa shape index (κ3) is 3.11. The molecule has 0 aliphatic rings. The number of hydrogen-bond donors (Lipinski definition) is 0. The van der Waals surface area contributed by atoms with Crippen LogP contribution in [0.3, 0.4) is 0 Å². The molecule has 1 amide bonds. The number of imidazole rings is 1. The summed E-state index contributed by atoms with van der Waals surface area (Å²) in [5.74, 6) is -0.663. The number of anilines is 1. The van der Waals surface area contributed by atoms with Crippen LogP contribution in [0.5, 0.6) is 0 Å². The quantitative estimate of drug-likeness (QED) is 0.428. The molecule has 0 spiro atoms. The Labute approximate surface area is 175 Å². The van der Waals surface area contributed by atoms with Crippen molar-refractivity contribution in [3.05, 3.63) is 89.9 Å². The second kappa shape index (κ2) is 7.31. The highest BCUT2D eigenvalue weighted by Gasteiger charge is 2.27. The lowest BCUT2D eigenvalue weighted by Crippen LogP contribution is -2.31. The van der Waals surface area contributed by atoms with Gasteiger partial charge in [0.1, 0.15) is 22.7 Å². The van der Waals surface area contributed by atoms with Gasteiger partial charge in [0.2, 0.25) is 0 Å². The third-order valence-electron chi connectivity index (χ3n) is 4.80. The maximum absolute atomic E-state index is 14.3. The molecule has 0 fully saturated rings. The molecule has 0 N–H and O–H groups in total. The van der Waals surface area contributed by atoms with E-state index in [4.69, 9.17) is 0 Å². The van der Waals surface area contributed by atoms with Gasteiger partial charge in [0.25, 0.3) is 5.91 Å². The predicted molar refractivity (Wildman–Crippen MR) is 114 cm³/mol. The van der Waals surface area contributed by atoms with Crippen molar-refractivity contribution in [2.45, 2.75) is 13.5 Å². The Kier molecular flexibility index (Phi) is 4.48. The number of aromatic nitrogens is 4. The van der Waals surface area contributed by atoms with Crippen LogP contribution in [-0.4, -0.2) is 25.3 Å². The van der Waals surface area contributed by atoms with Gasteiger partial charge in [-0.2, -0.15) is 0 Å². The van der Waals surface area contributed by atoms with Crippen molar-refractivity contribution in [1.82, 2.24) is 19.4 Å². The van der Waals surface area contributed by atoms with Gasteiger partial charge < -0.3 is 0 Å². The Hall–Kier alpha value is -3.65. The van der Waals surface area contributed by atoms with E-state index in [0.29, 0.717) is 26.9 Å². The molecular weight excluding hydrogens is 401 g/mol. The van der Waals surface area contributed by atoms with Crippen molar-refractivity contribution in [3.8, 4) is 0 Å². The minimum Gasteiger partial charge on any atom is -0.295 e. The first-order chi connectivity index (χ1) is 14.6. The molecule has 0 atom stereocenters. The SMILES string of the molecule is Cc1nc2ccccn2c1C(=O)N(Cc1cccnc1)c1nc2c(F)cccc2s1. The van der Waals surface area contributed by atoms with Gasteiger partial charge in [-0.15, -0.1) is 0 Å². The van der Waals surface area contributed by atoms with Gasteiger partial charge in [-0.25, -0.2) is 14.4 Å². The molecule has 8 heteroatoms. The second-order valence-corrected chi connectivity index (χ2v) is 7.82. The lowest BCUT2D eigenvalue weighted by atomic mass is 10.2. The van der Waals surface area contributed by atoms with E-state index >= 15 is 0 Å². The number of rotatable bonds is 4. The largest absolute Gasteiger partial charge is 0.295 e. The van der Waals surface area contributed by atoms with Crippen molar-refractivity contribution >= 4 is 38.2 Å². The van der Waals surface area contributed by atoms with E-state index in [2.05, 4.69) is 15.0 Å².